The highest BCUT2D eigenvalue weighted by atomic mass is 35.5. The number of unbranched alkanes of at least 4 members (excludes halogenated alkanes) is 1. The minimum atomic E-state index is -1.71. The van der Waals surface area contributed by atoms with E-state index in [1.807, 2.05) is 0 Å². The quantitative estimate of drug-likeness (QED) is 0.174. The fraction of sp³-hybridized carbons (Fsp3) is 0.500. The highest BCUT2D eigenvalue weighted by molar-refractivity contribution is 7.90. The molecule has 0 amide bonds. The molecule has 0 spiro atoms. The van der Waals surface area contributed by atoms with Crippen molar-refractivity contribution in [2.45, 2.75) is 37.1 Å². The molecule has 0 aromatic carbocycles. The van der Waals surface area contributed by atoms with Gasteiger partial charge in [0.05, 0.1) is 16.5 Å². The summed E-state index contributed by atoms with van der Waals surface area (Å²) in [6.45, 7) is 1.97. The molecular weight excluding hydrogens is 437 g/mol. The number of nitrogens with one attached hydrogen (secondary N) is 3. The molecule has 11 heteroatoms. The first-order chi connectivity index (χ1) is 14.0. The highest BCUT2D eigenvalue weighted by Gasteiger charge is 2.26. The second-order valence-corrected chi connectivity index (χ2v) is 9.02. The van der Waals surface area contributed by atoms with Crippen molar-refractivity contribution < 1.29 is 13.7 Å². The van der Waals surface area contributed by atoms with Crippen molar-refractivity contribution >= 4 is 39.1 Å². The third-order valence-electron chi connectivity index (χ3n) is 4.22. The van der Waals surface area contributed by atoms with E-state index in [-0.39, 0.29) is 17.4 Å². The predicted molar refractivity (Wildman–Crippen MR) is 119 cm³/mol. The lowest BCUT2D eigenvalue weighted by atomic mass is 10.1. The molecule has 1 aromatic heterocycles. The zero-order valence-corrected chi connectivity index (χ0v) is 18.3. The number of anilines is 1. The van der Waals surface area contributed by atoms with Gasteiger partial charge in [-0.3, -0.25) is 4.72 Å². The summed E-state index contributed by atoms with van der Waals surface area (Å²) in [5.74, 6) is -0.533. The number of nitrogens with zero attached hydrogens (tertiary/aromatic N) is 1. The molecular formula is C18H27ClFN5O2S2. The van der Waals surface area contributed by atoms with E-state index in [0.717, 1.165) is 32.1 Å². The third-order valence-corrected chi connectivity index (χ3v) is 6.62. The van der Waals surface area contributed by atoms with Crippen molar-refractivity contribution in [2.75, 3.05) is 24.4 Å². The molecule has 29 heavy (non-hydrogen) atoms. The number of alkyl halides is 1. The van der Waals surface area contributed by atoms with Crippen LogP contribution in [-0.4, -0.2) is 45.4 Å². The number of aliphatic hydroxyl groups excluding tert-OH is 1. The summed E-state index contributed by atoms with van der Waals surface area (Å²) < 4.78 is 29.4. The van der Waals surface area contributed by atoms with E-state index in [2.05, 4.69) is 20.3 Å². The Morgan fingerprint density at radius 3 is 2.97 bits per heavy atom. The SMILES string of the molecule is NCCC(/C=C/O)NCCCCNC1=CC(F)=C(S(=O)Nc2nccs2)CC1Cl. The molecule has 3 atom stereocenters. The summed E-state index contributed by atoms with van der Waals surface area (Å²) in [4.78, 5) is 4.12. The lowest BCUT2D eigenvalue weighted by molar-refractivity contribution is 0.458. The molecule has 6 N–H and O–H groups in total. The van der Waals surface area contributed by atoms with Crippen LogP contribution in [0, 0.1) is 0 Å². The molecule has 0 aliphatic heterocycles. The molecule has 1 aliphatic rings. The van der Waals surface area contributed by atoms with Gasteiger partial charge in [0.25, 0.3) is 0 Å². The van der Waals surface area contributed by atoms with E-state index in [1.165, 1.54) is 17.4 Å². The zero-order chi connectivity index (χ0) is 21.1. The minimum Gasteiger partial charge on any atom is -0.516 e. The standard InChI is InChI=1S/C18H27ClFN5O2S2/c19-14-11-17(29(27)25-18-24-8-10-28-18)15(20)12-16(14)23-7-2-1-6-22-13(3-5-21)4-9-26/h4,8-10,12-14,22-23,26H,1-3,5-7,11,21H2,(H,24,25)/b9-4+. The van der Waals surface area contributed by atoms with Gasteiger partial charge in [-0.25, -0.2) is 13.6 Å². The van der Waals surface area contributed by atoms with E-state index in [9.17, 15) is 8.60 Å². The molecule has 0 fully saturated rings. The first-order valence-electron chi connectivity index (χ1n) is 9.35. The van der Waals surface area contributed by atoms with Crippen LogP contribution in [0.2, 0.25) is 0 Å². The van der Waals surface area contributed by atoms with Crippen LogP contribution in [0.5, 0.6) is 0 Å². The maximum absolute atomic E-state index is 14.4. The van der Waals surface area contributed by atoms with E-state index >= 15 is 0 Å². The molecule has 0 saturated heterocycles. The number of rotatable bonds is 13. The van der Waals surface area contributed by atoms with Gasteiger partial charge in [0, 0.05) is 36.3 Å². The molecule has 0 bridgehead atoms. The van der Waals surface area contributed by atoms with Gasteiger partial charge in [-0.1, -0.05) is 0 Å². The number of aromatic nitrogens is 1. The van der Waals surface area contributed by atoms with E-state index in [0.29, 0.717) is 23.9 Å². The molecule has 0 radical (unpaired) electrons. The van der Waals surface area contributed by atoms with Crippen LogP contribution in [0.25, 0.3) is 0 Å². The Kier molecular flexibility index (Phi) is 10.6. The third kappa shape index (κ3) is 8.06. The van der Waals surface area contributed by atoms with Crippen molar-refractivity contribution in [1.29, 1.82) is 0 Å². The van der Waals surface area contributed by atoms with Crippen molar-refractivity contribution in [2.24, 2.45) is 5.73 Å². The Bertz CT molecular complexity index is 743. The lowest BCUT2D eigenvalue weighted by Crippen LogP contribution is -2.31. The minimum absolute atomic E-state index is 0.0581. The Hall–Kier alpha value is -1.46. The number of halogens is 2. The van der Waals surface area contributed by atoms with Crippen LogP contribution in [0.1, 0.15) is 25.7 Å². The number of allylic oxidation sites excluding steroid dienone is 4. The van der Waals surface area contributed by atoms with Gasteiger partial charge in [0.15, 0.2) is 16.1 Å². The van der Waals surface area contributed by atoms with Crippen molar-refractivity contribution in [3.63, 3.8) is 0 Å². The van der Waals surface area contributed by atoms with Crippen LogP contribution in [0.3, 0.4) is 0 Å². The van der Waals surface area contributed by atoms with Gasteiger partial charge in [-0.05, 0) is 44.5 Å². The second-order valence-electron chi connectivity index (χ2n) is 6.36. The van der Waals surface area contributed by atoms with Gasteiger partial charge in [-0.2, -0.15) is 0 Å². The van der Waals surface area contributed by atoms with Gasteiger partial charge in [0.1, 0.15) is 5.83 Å². The number of hydrogen-bond acceptors (Lipinski definition) is 7. The van der Waals surface area contributed by atoms with Gasteiger partial charge >= 0.3 is 0 Å². The average Bonchev–Trinajstić information content (AvgIpc) is 3.20. The van der Waals surface area contributed by atoms with Crippen molar-refractivity contribution in [1.82, 2.24) is 15.6 Å². The normalized spacial score (nSPS) is 19.3. The number of hydrogen-bond donors (Lipinski definition) is 5. The summed E-state index contributed by atoms with van der Waals surface area (Å²) in [6, 6.07) is 0.0581. The molecule has 1 heterocycles. The first kappa shape index (κ1) is 23.8. The molecule has 0 saturated carbocycles. The molecule has 3 unspecified atom stereocenters. The molecule has 2 rings (SSSR count). The summed E-state index contributed by atoms with van der Waals surface area (Å²) in [6.07, 6.45) is 8.28. The number of nitrogens with two attached hydrogens (primary N) is 1. The Morgan fingerprint density at radius 2 is 2.28 bits per heavy atom. The van der Waals surface area contributed by atoms with Crippen LogP contribution >= 0.6 is 22.9 Å². The fourth-order valence-electron chi connectivity index (χ4n) is 2.74. The zero-order valence-electron chi connectivity index (χ0n) is 15.9. The predicted octanol–water partition coefficient (Wildman–Crippen LogP) is 3.04. The van der Waals surface area contributed by atoms with Crippen LogP contribution < -0.4 is 21.1 Å². The summed E-state index contributed by atoms with van der Waals surface area (Å²) >= 11 is 7.65. The van der Waals surface area contributed by atoms with E-state index in [1.54, 1.807) is 17.7 Å². The van der Waals surface area contributed by atoms with Crippen molar-refractivity contribution in [3.05, 3.63) is 46.4 Å². The van der Waals surface area contributed by atoms with Crippen molar-refractivity contribution in [3.8, 4) is 0 Å². The molecule has 162 valence electrons. The monoisotopic (exact) mass is 463 g/mol. The highest BCUT2D eigenvalue weighted by Crippen LogP contribution is 2.30. The first-order valence-corrected chi connectivity index (χ1v) is 11.8. The molecule has 1 aromatic rings. The van der Waals surface area contributed by atoms with Gasteiger partial charge < -0.3 is 21.5 Å². The molecule has 1 aliphatic carbocycles. The lowest BCUT2D eigenvalue weighted by Gasteiger charge is -2.22. The smallest absolute Gasteiger partial charge is 0.194 e. The number of aliphatic hydroxyl groups is 1. The molecule has 7 nitrogen and oxygen atoms in total. The average molecular weight is 464 g/mol. The van der Waals surface area contributed by atoms with Gasteiger partial charge in [0.2, 0.25) is 0 Å². The Labute approximate surface area is 181 Å². The Balaban J connectivity index is 1.76. The largest absolute Gasteiger partial charge is 0.516 e. The van der Waals surface area contributed by atoms with E-state index in [4.69, 9.17) is 22.4 Å². The second kappa shape index (κ2) is 13.0. The van der Waals surface area contributed by atoms with E-state index < -0.39 is 22.2 Å². The Morgan fingerprint density at radius 1 is 1.48 bits per heavy atom. The summed E-state index contributed by atoms with van der Waals surface area (Å²) in [5.41, 5.74) is 6.13. The number of thiazole rings is 1. The fourth-order valence-corrected chi connectivity index (χ4v) is 4.80. The summed E-state index contributed by atoms with van der Waals surface area (Å²) in [5, 5.41) is 17.1. The summed E-state index contributed by atoms with van der Waals surface area (Å²) in [7, 11) is -1.71. The van der Waals surface area contributed by atoms with Gasteiger partial charge in [-0.15, -0.1) is 22.9 Å². The van der Waals surface area contributed by atoms with Crippen LogP contribution in [-0.2, 0) is 11.0 Å². The maximum atomic E-state index is 14.4. The van der Waals surface area contributed by atoms with Crippen LogP contribution in [0.15, 0.2) is 46.4 Å². The van der Waals surface area contributed by atoms with Crippen LogP contribution in [0.4, 0.5) is 9.52 Å². The maximum Gasteiger partial charge on any atom is 0.194 e. The topological polar surface area (TPSA) is 112 Å².